The number of hydrogen-bond acceptors (Lipinski definition) is 4. The molecule has 1 N–H and O–H groups in total. The number of rotatable bonds is 12. The number of Topliss-reactive ketones (excluding diaryl/α,β-unsaturated/α-hetero) is 1. The van der Waals surface area contributed by atoms with Crippen molar-refractivity contribution >= 4 is 17.7 Å². The molecule has 1 amide bonds. The Balaban J connectivity index is 2.14. The van der Waals surface area contributed by atoms with E-state index in [0.717, 1.165) is 11.1 Å². The maximum atomic E-state index is 13.1. The van der Waals surface area contributed by atoms with Gasteiger partial charge in [-0.1, -0.05) is 66.7 Å². The number of methoxy groups -OCH3 is 1. The van der Waals surface area contributed by atoms with E-state index in [4.69, 9.17) is 4.74 Å². The van der Waals surface area contributed by atoms with Crippen LogP contribution in [0.25, 0.3) is 0 Å². The van der Waals surface area contributed by atoms with Gasteiger partial charge in [-0.25, -0.2) is 4.79 Å². The predicted molar refractivity (Wildman–Crippen MR) is 117 cm³/mol. The summed E-state index contributed by atoms with van der Waals surface area (Å²) in [6.07, 6.45) is 3.49. The maximum absolute atomic E-state index is 13.1. The molecule has 2 aromatic carbocycles. The molecule has 0 aliphatic heterocycles. The Morgan fingerprint density at radius 2 is 1.53 bits per heavy atom. The molecule has 0 fully saturated rings. The molecular formula is C25H29NO4. The van der Waals surface area contributed by atoms with Crippen molar-refractivity contribution in [1.82, 2.24) is 5.32 Å². The van der Waals surface area contributed by atoms with Crippen LogP contribution in [0.4, 0.5) is 0 Å². The molecule has 0 radical (unpaired) electrons. The Labute approximate surface area is 178 Å². The predicted octanol–water partition coefficient (Wildman–Crippen LogP) is 3.67. The van der Waals surface area contributed by atoms with Crippen LogP contribution in [-0.2, 0) is 32.0 Å². The van der Waals surface area contributed by atoms with Crippen LogP contribution in [0, 0.1) is 5.92 Å². The number of nitrogens with one attached hydrogen (secondary N) is 1. The van der Waals surface area contributed by atoms with Crippen LogP contribution >= 0.6 is 0 Å². The summed E-state index contributed by atoms with van der Waals surface area (Å²) in [5.74, 6) is -1.39. The first-order chi connectivity index (χ1) is 14.5. The van der Waals surface area contributed by atoms with Gasteiger partial charge in [0.2, 0.25) is 5.91 Å². The zero-order chi connectivity index (χ0) is 21.8. The fraction of sp³-hybridized carbons (Fsp3) is 0.320. The third kappa shape index (κ3) is 7.66. The van der Waals surface area contributed by atoms with Crippen LogP contribution in [0.5, 0.6) is 0 Å². The lowest BCUT2D eigenvalue weighted by molar-refractivity contribution is -0.145. The zero-order valence-corrected chi connectivity index (χ0v) is 17.4. The van der Waals surface area contributed by atoms with Gasteiger partial charge in [0, 0.05) is 25.2 Å². The molecule has 2 aromatic rings. The molecule has 5 heteroatoms. The van der Waals surface area contributed by atoms with Crippen LogP contribution in [0.15, 0.2) is 73.3 Å². The lowest BCUT2D eigenvalue weighted by atomic mass is 9.91. The van der Waals surface area contributed by atoms with Gasteiger partial charge in [-0.15, -0.1) is 6.58 Å². The number of carbonyl (C=O) groups is 3. The number of amides is 1. The van der Waals surface area contributed by atoms with Crippen molar-refractivity contribution in [2.45, 2.75) is 38.1 Å². The minimum Gasteiger partial charge on any atom is -0.467 e. The molecule has 0 unspecified atom stereocenters. The minimum absolute atomic E-state index is 0.00339. The average molecular weight is 408 g/mol. The highest BCUT2D eigenvalue weighted by Crippen LogP contribution is 2.16. The van der Waals surface area contributed by atoms with Gasteiger partial charge in [0.15, 0.2) is 0 Å². The second-order valence-electron chi connectivity index (χ2n) is 7.23. The Morgan fingerprint density at radius 1 is 0.967 bits per heavy atom. The van der Waals surface area contributed by atoms with Gasteiger partial charge >= 0.3 is 5.97 Å². The van der Waals surface area contributed by atoms with Crippen LogP contribution in [0.1, 0.15) is 30.4 Å². The van der Waals surface area contributed by atoms with Gasteiger partial charge in [0.25, 0.3) is 0 Å². The third-order valence-corrected chi connectivity index (χ3v) is 4.88. The number of allylic oxidation sites excluding steroid dienone is 1. The molecule has 0 saturated heterocycles. The summed E-state index contributed by atoms with van der Waals surface area (Å²) in [6, 6.07) is 18.2. The van der Waals surface area contributed by atoms with E-state index in [1.807, 2.05) is 60.7 Å². The van der Waals surface area contributed by atoms with E-state index in [2.05, 4.69) is 11.9 Å². The summed E-state index contributed by atoms with van der Waals surface area (Å²) in [4.78, 5) is 37.7. The number of ketones is 1. The molecule has 2 rings (SSSR count). The molecule has 30 heavy (non-hydrogen) atoms. The fourth-order valence-electron chi connectivity index (χ4n) is 3.27. The Kier molecular flexibility index (Phi) is 9.52. The van der Waals surface area contributed by atoms with E-state index in [0.29, 0.717) is 25.7 Å². The lowest BCUT2D eigenvalue weighted by Crippen LogP contribution is -2.46. The van der Waals surface area contributed by atoms with Crippen molar-refractivity contribution in [2.24, 2.45) is 5.92 Å². The molecule has 0 bridgehead atoms. The highest BCUT2D eigenvalue weighted by Gasteiger charge is 2.28. The molecule has 0 aliphatic carbocycles. The van der Waals surface area contributed by atoms with Crippen molar-refractivity contribution in [2.75, 3.05) is 7.11 Å². The first-order valence-corrected chi connectivity index (χ1v) is 10.1. The molecule has 5 nitrogen and oxygen atoms in total. The van der Waals surface area contributed by atoms with Gasteiger partial charge in [0.1, 0.15) is 11.8 Å². The molecule has 0 spiro atoms. The SMILES string of the molecule is C=CCCC(=O)C[C@@H](Cc1ccccc1)C(=O)N[C@@H](Cc1ccccc1)C(=O)OC. The summed E-state index contributed by atoms with van der Waals surface area (Å²) in [5, 5.41) is 2.81. The van der Waals surface area contributed by atoms with Crippen LogP contribution in [0.2, 0.25) is 0 Å². The normalized spacial score (nSPS) is 12.4. The highest BCUT2D eigenvalue weighted by molar-refractivity contribution is 5.90. The first kappa shape index (κ1) is 23.1. The third-order valence-electron chi connectivity index (χ3n) is 4.88. The number of benzene rings is 2. The second-order valence-corrected chi connectivity index (χ2v) is 7.23. The topological polar surface area (TPSA) is 72.5 Å². The standard InChI is InChI=1S/C25H29NO4/c1-3-4-15-22(27)18-21(16-19-11-7-5-8-12-19)24(28)26-23(25(29)30-2)17-20-13-9-6-10-14-20/h3,5-14,21,23H,1,4,15-18H2,2H3,(H,26,28)/t21-,23+/m1/s1. The number of esters is 1. The second kappa shape index (κ2) is 12.4. The van der Waals surface area contributed by atoms with E-state index in [1.165, 1.54) is 7.11 Å². The fourth-order valence-corrected chi connectivity index (χ4v) is 3.27. The van der Waals surface area contributed by atoms with E-state index < -0.39 is 17.9 Å². The molecule has 0 heterocycles. The van der Waals surface area contributed by atoms with E-state index in [9.17, 15) is 14.4 Å². The molecule has 158 valence electrons. The Bertz CT molecular complexity index is 833. The van der Waals surface area contributed by atoms with Crippen molar-refractivity contribution in [1.29, 1.82) is 0 Å². The van der Waals surface area contributed by atoms with Gasteiger partial charge in [-0.2, -0.15) is 0 Å². The quantitative estimate of drug-likeness (QED) is 0.430. The van der Waals surface area contributed by atoms with Gasteiger partial charge in [-0.3, -0.25) is 9.59 Å². The Morgan fingerprint density at radius 3 is 2.07 bits per heavy atom. The number of ether oxygens (including phenoxy) is 1. The largest absolute Gasteiger partial charge is 0.467 e. The van der Waals surface area contributed by atoms with Crippen LogP contribution in [-0.4, -0.2) is 30.8 Å². The molecular weight excluding hydrogens is 378 g/mol. The molecule has 0 saturated carbocycles. The zero-order valence-electron chi connectivity index (χ0n) is 17.4. The molecule has 0 aliphatic rings. The molecule has 2 atom stereocenters. The molecule has 0 aromatic heterocycles. The summed E-state index contributed by atoms with van der Waals surface area (Å²) < 4.78 is 4.89. The van der Waals surface area contributed by atoms with E-state index >= 15 is 0 Å². The van der Waals surface area contributed by atoms with E-state index in [-0.39, 0.29) is 18.1 Å². The summed E-state index contributed by atoms with van der Waals surface area (Å²) in [7, 11) is 1.30. The van der Waals surface area contributed by atoms with Crippen molar-refractivity contribution in [3.8, 4) is 0 Å². The average Bonchev–Trinajstić information content (AvgIpc) is 2.77. The minimum atomic E-state index is -0.813. The number of hydrogen-bond donors (Lipinski definition) is 1. The van der Waals surface area contributed by atoms with Gasteiger partial charge in [-0.05, 0) is 24.0 Å². The lowest BCUT2D eigenvalue weighted by Gasteiger charge is -2.21. The highest BCUT2D eigenvalue weighted by atomic mass is 16.5. The summed E-state index contributed by atoms with van der Waals surface area (Å²) in [6.45, 7) is 3.64. The summed E-state index contributed by atoms with van der Waals surface area (Å²) >= 11 is 0. The van der Waals surface area contributed by atoms with Crippen molar-refractivity contribution in [3.05, 3.63) is 84.4 Å². The van der Waals surface area contributed by atoms with Crippen LogP contribution < -0.4 is 5.32 Å². The summed E-state index contributed by atoms with van der Waals surface area (Å²) in [5.41, 5.74) is 1.88. The van der Waals surface area contributed by atoms with E-state index in [1.54, 1.807) is 6.08 Å². The monoisotopic (exact) mass is 407 g/mol. The first-order valence-electron chi connectivity index (χ1n) is 10.1. The maximum Gasteiger partial charge on any atom is 0.328 e. The van der Waals surface area contributed by atoms with Crippen molar-refractivity contribution in [3.63, 3.8) is 0 Å². The van der Waals surface area contributed by atoms with Gasteiger partial charge in [0.05, 0.1) is 7.11 Å². The van der Waals surface area contributed by atoms with Crippen LogP contribution in [0.3, 0.4) is 0 Å². The Hall–Kier alpha value is -3.21. The smallest absolute Gasteiger partial charge is 0.328 e. The van der Waals surface area contributed by atoms with Crippen molar-refractivity contribution < 1.29 is 19.1 Å². The van der Waals surface area contributed by atoms with Gasteiger partial charge < -0.3 is 10.1 Å². The number of carbonyl (C=O) groups excluding carboxylic acids is 3.